The third-order valence-corrected chi connectivity index (χ3v) is 2.97. The maximum atomic E-state index is 12.4. The van der Waals surface area contributed by atoms with Crippen molar-refractivity contribution < 1.29 is 17.9 Å². The second-order valence-corrected chi connectivity index (χ2v) is 4.50. The van der Waals surface area contributed by atoms with Gasteiger partial charge in [0.1, 0.15) is 5.75 Å². The summed E-state index contributed by atoms with van der Waals surface area (Å²) >= 11 is 0. The van der Waals surface area contributed by atoms with Gasteiger partial charge in [0.2, 0.25) is 0 Å². The summed E-state index contributed by atoms with van der Waals surface area (Å²) in [4.78, 5) is 0. The molecular weight excluding hydrogens is 257 g/mol. The fraction of sp³-hybridized carbons (Fsp3) is 0.538. The number of alkyl halides is 3. The van der Waals surface area contributed by atoms with E-state index in [4.69, 9.17) is 5.84 Å². The minimum absolute atomic E-state index is 0.105. The Labute approximate surface area is 110 Å². The van der Waals surface area contributed by atoms with Crippen LogP contribution in [0.25, 0.3) is 0 Å². The van der Waals surface area contributed by atoms with Gasteiger partial charge in [-0.2, -0.15) is 0 Å². The Kier molecular flexibility index (Phi) is 5.62. The zero-order chi connectivity index (χ0) is 14.5. The van der Waals surface area contributed by atoms with Crippen LogP contribution in [0.2, 0.25) is 0 Å². The van der Waals surface area contributed by atoms with Crippen LogP contribution in [-0.4, -0.2) is 6.36 Å². The van der Waals surface area contributed by atoms with Crippen molar-refractivity contribution in [1.29, 1.82) is 0 Å². The molecule has 1 rings (SSSR count). The van der Waals surface area contributed by atoms with Crippen LogP contribution in [0.15, 0.2) is 24.3 Å². The molecule has 0 aromatic heterocycles. The van der Waals surface area contributed by atoms with Gasteiger partial charge >= 0.3 is 6.36 Å². The molecule has 19 heavy (non-hydrogen) atoms. The second kappa shape index (κ2) is 6.77. The number of halogens is 3. The topological polar surface area (TPSA) is 47.3 Å². The summed E-state index contributed by atoms with van der Waals surface area (Å²) in [6, 6.07) is 5.69. The molecule has 0 saturated carbocycles. The average Bonchev–Trinajstić information content (AvgIpc) is 2.30. The molecule has 0 aliphatic heterocycles. The van der Waals surface area contributed by atoms with Crippen LogP contribution in [-0.2, 0) is 0 Å². The Hall–Kier alpha value is -1.27. The Bertz CT molecular complexity index is 396. The first-order chi connectivity index (χ1) is 8.89. The van der Waals surface area contributed by atoms with Gasteiger partial charge in [-0.15, -0.1) is 13.2 Å². The maximum Gasteiger partial charge on any atom is 0.573 e. The predicted octanol–water partition coefficient (Wildman–Crippen LogP) is 3.53. The van der Waals surface area contributed by atoms with Gasteiger partial charge in [0.05, 0.1) is 6.04 Å². The molecule has 0 amide bonds. The van der Waals surface area contributed by atoms with Crippen LogP contribution in [0, 0.1) is 5.92 Å². The Morgan fingerprint density at radius 3 is 2.47 bits per heavy atom. The van der Waals surface area contributed by atoms with Gasteiger partial charge in [0, 0.05) is 5.56 Å². The minimum atomic E-state index is -4.71. The third kappa shape index (κ3) is 4.72. The lowest BCUT2D eigenvalue weighted by atomic mass is 9.91. The van der Waals surface area contributed by atoms with E-state index in [2.05, 4.69) is 10.2 Å². The van der Waals surface area contributed by atoms with Gasteiger partial charge in [-0.1, -0.05) is 38.5 Å². The van der Waals surface area contributed by atoms with Gasteiger partial charge in [-0.3, -0.25) is 11.3 Å². The van der Waals surface area contributed by atoms with Crippen molar-refractivity contribution >= 4 is 0 Å². The van der Waals surface area contributed by atoms with E-state index in [1.54, 1.807) is 12.1 Å². The highest BCUT2D eigenvalue weighted by atomic mass is 19.4. The van der Waals surface area contributed by atoms with Crippen molar-refractivity contribution in [3.8, 4) is 5.75 Å². The van der Waals surface area contributed by atoms with Gasteiger partial charge in [0.15, 0.2) is 0 Å². The van der Waals surface area contributed by atoms with Crippen LogP contribution in [0.1, 0.15) is 38.3 Å². The molecular formula is C13H19F3N2O. The van der Waals surface area contributed by atoms with Crippen LogP contribution < -0.4 is 16.0 Å². The normalized spacial score (nSPS) is 15.1. The van der Waals surface area contributed by atoms with Crippen LogP contribution >= 0.6 is 0 Å². The first-order valence-corrected chi connectivity index (χ1v) is 6.19. The SMILES string of the molecule is CCCC(C)C(NN)c1ccccc1OC(F)(F)F. The smallest absolute Gasteiger partial charge is 0.405 e. The van der Waals surface area contributed by atoms with E-state index >= 15 is 0 Å². The summed E-state index contributed by atoms with van der Waals surface area (Å²) < 4.78 is 41.1. The van der Waals surface area contributed by atoms with Crippen LogP contribution in [0.5, 0.6) is 5.75 Å². The molecule has 0 saturated heterocycles. The lowest BCUT2D eigenvalue weighted by Crippen LogP contribution is -2.33. The lowest BCUT2D eigenvalue weighted by molar-refractivity contribution is -0.275. The third-order valence-electron chi connectivity index (χ3n) is 2.97. The number of ether oxygens (including phenoxy) is 1. The quantitative estimate of drug-likeness (QED) is 0.617. The van der Waals surface area contributed by atoms with E-state index in [0.29, 0.717) is 5.56 Å². The molecule has 0 aliphatic carbocycles. The van der Waals surface area contributed by atoms with E-state index in [-0.39, 0.29) is 17.7 Å². The maximum absolute atomic E-state index is 12.4. The largest absolute Gasteiger partial charge is 0.573 e. The average molecular weight is 276 g/mol. The van der Waals surface area contributed by atoms with Crippen molar-refractivity contribution in [2.75, 3.05) is 0 Å². The molecule has 108 valence electrons. The van der Waals surface area contributed by atoms with Crippen molar-refractivity contribution in [3.05, 3.63) is 29.8 Å². The summed E-state index contributed by atoms with van der Waals surface area (Å²) in [7, 11) is 0. The monoisotopic (exact) mass is 276 g/mol. The number of rotatable bonds is 6. The summed E-state index contributed by atoms with van der Waals surface area (Å²) in [6.45, 7) is 3.96. The van der Waals surface area contributed by atoms with Gasteiger partial charge in [-0.25, -0.2) is 0 Å². The van der Waals surface area contributed by atoms with Crippen molar-refractivity contribution in [2.24, 2.45) is 11.8 Å². The lowest BCUT2D eigenvalue weighted by Gasteiger charge is -2.25. The minimum Gasteiger partial charge on any atom is -0.405 e. The summed E-state index contributed by atoms with van der Waals surface area (Å²) in [5.74, 6) is 5.38. The zero-order valence-corrected chi connectivity index (χ0v) is 11.0. The van der Waals surface area contributed by atoms with Gasteiger partial charge in [0.25, 0.3) is 0 Å². The highest BCUT2D eigenvalue weighted by Gasteiger charge is 2.33. The number of nitrogens with one attached hydrogen (secondary N) is 1. The predicted molar refractivity (Wildman–Crippen MR) is 67.3 cm³/mol. The zero-order valence-electron chi connectivity index (χ0n) is 11.0. The fourth-order valence-corrected chi connectivity index (χ4v) is 2.14. The molecule has 2 atom stereocenters. The fourth-order valence-electron chi connectivity index (χ4n) is 2.14. The van der Waals surface area contributed by atoms with E-state index in [0.717, 1.165) is 12.8 Å². The molecule has 0 spiro atoms. The molecule has 3 N–H and O–H groups in total. The van der Waals surface area contributed by atoms with Gasteiger partial charge < -0.3 is 4.74 Å². The Morgan fingerprint density at radius 1 is 1.32 bits per heavy atom. The number of nitrogens with two attached hydrogens (primary N) is 1. The van der Waals surface area contributed by atoms with Gasteiger partial charge in [-0.05, 0) is 18.4 Å². The summed E-state index contributed by atoms with van der Waals surface area (Å²) in [6.07, 6.45) is -2.92. The molecule has 6 heteroatoms. The molecule has 0 aliphatic rings. The molecule has 0 bridgehead atoms. The first kappa shape index (κ1) is 15.8. The van der Waals surface area contributed by atoms with E-state index in [1.807, 2.05) is 13.8 Å². The van der Waals surface area contributed by atoms with E-state index < -0.39 is 6.36 Å². The standard InChI is InChI=1S/C13H19F3N2O/c1-3-6-9(2)12(18-17)10-7-4-5-8-11(10)19-13(14,15)16/h4-5,7-9,12,18H,3,6,17H2,1-2H3. The van der Waals surface area contributed by atoms with Crippen molar-refractivity contribution in [2.45, 2.75) is 39.1 Å². The summed E-state index contributed by atoms with van der Waals surface area (Å²) in [5, 5.41) is 0. The number of hydrogen-bond donors (Lipinski definition) is 2. The molecule has 0 heterocycles. The first-order valence-electron chi connectivity index (χ1n) is 6.19. The molecule has 1 aromatic carbocycles. The second-order valence-electron chi connectivity index (χ2n) is 4.50. The summed E-state index contributed by atoms with van der Waals surface area (Å²) in [5.41, 5.74) is 3.00. The Morgan fingerprint density at radius 2 is 1.95 bits per heavy atom. The molecule has 1 aromatic rings. The van der Waals surface area contributed by atoms with Crippen LogP contribution in [0.4, 0.5) is 13.2 Å². The van der Waals surface area contributed by atoms with Crippen molar-refractivity contribution in [3.63, 3.8) is 0 Å². The number of para-hydroxylation sites is 1. The molecule has 0 fully saturated rings. The number of benzene rings is 1. The van der Waals surface area contributed by atoms with E-state index in [1.165, 1.54) is 12.1 Å². The number of hydrazine groups is 1. The molecule has 0 radical (unpaired) electrons. The highest BCUT2D eigenvalue weighted by molar-refractivity contribution is 5.36. The van der Waals surface area contributed by atoms with Crippen LogP contribution in [0.3, 0.4) is 0 Å². The Balaban J connectivity index is 3.03. The van der Waals surface area contributed by atoms with Crippen molar-refractivity contribution in [1.82, 2.24) is 5.43 Å². The number of hydrogen-bond acceptors (Lipinski definition) is 3. The highest BCUT2D eigenvalue weighted by Crippen LogP contribution is 2.34. The molecule has 3 nitrogen and oxygen atoms in total. The molecule has 2 unspecified atom stereocenters. The van der Waals surface area contributed by atoms with E-state index in [9.17, 15) is 13.2 Å².